The van der Waals surface area contributed by atoms with Crippen molar-refractivity contribution in [2.75, 3.05) is 0 Å². The zero-order valence-corrected chi connectivity index (χ0v) is 19.0. The van der Waals surface area contributed by atoms with Crippen molar-refractivity contribution in [3.05, 3.63) is 81.5 Å². The van der Waals surface area contributed by atoms with Gasteiger partial charge in [-0.3, -0.25) is 9.97 Å². The molecule has 0 unspecified atom stereocenters. The molecule has 2 aromatic heterocycles. The smallest absolute Gasteiger partial charge is 0.124 e. The molecule has 0 atom stereocenters. The van der Waals surface area contributed by atoms with Gasteiger partial charge in [0.1, 0.15) is 9.21 Å². The summed E-state index contributed by atoms with van der Waals surface area (Å²) in [6.07, 6.45) is 7.05. The summed E-state index contributed by atoms with van der Waals surface area (Å²) in [6, 6.07) is 13.1. The molecule has 0 spiro atoms. The lowest BCUT2D eigenvalue weighted by molar-refractivity contribution is 0.661. The minimum absolute atomic E-state index is 0.123. The molecule has 29 heavy (non-hydrogen) atoms. The lowest BCUT2D eigenvalue weighted by Crippen LogP contribution is -2.15. The van der Waals surface area contributed by atoms with E-state index in [1.54, 1.807) is 24.8 Å². The van der Waals surface area contributed by atoms with Crippen LogP contribution in [-0.2, 0) is 5.41 Å². The predicted octanol–water partition coefficient (Wildman–Crippen LogP) is 6.43. The highest BCUT2D eigenvalue weighted by molar-refractivity contribution is 9.10. The molecule has 142 valence electrons. The van der Waals surface area contributed by atoms with Crippen LogP contribution in [0.15, 0.2) is 70.4 Å². The monoisotopic (exact) mass is 506 g/mol. The molecule has 2 heterocycles. The molecule has 0 aliphatic heterocycles. The Bertz CT molecular complexity index is 1140. The van der Waals surface area contributed by atoms with E-state index in [1.807, 2.05) is 0 Å². The fraction of sp³-hybridized carbons (Fsp3) is 0.130. The Kier molecular flexibility index (Phi) is 4.37. The van der Waals surface area contributed by atoms with Gasteiger partial charge in [0.2, 0.25) is 0 Å². The van der Waals surface area contributed by atoms with Gasteiger partial charge in [-0.1, -0.05) is 38.1 Å². The lowest BCUT2D eigenvalue weighted by atomic mass is 9.81. The van der Waals surface area contributed by atoms with E-state index in [1.165, 1.54) is 22.3 Å². The van der Waals surface area contributed by atoms with E-state index < -0.39 is 0 Å². The Hall–Kier alpha value is -2.44. The SMILES string of the molecule is CC1(C)c2cc(-c3cnc(Br)cn3)ccc2-c2ccc(-c3cnc(Br)cn3)cc21. The molecule has 1 aliphatic rings. The summed E-state index contributed by atoms with van der Waals surface area (Å²) in [4.78, 5) is 17.6. The molecule has 6 heteroatoms. The van der Waals surface area contributed by atoms with Gasteiger partial charge in [-0.15, -0.1) is 0 Å². The first kappa shape index (κ1) is 18.6. The molecule has 0 amide bonds. The van der Waals surface area contributed by atoms with Crippen LogP contribution in [0.25, 0.3) is 33.6 Å². The summed E-state index contributed by atoms with van der Waals surface area (Å²) in [5, 5.41) is 0. The molecule has 0 N–H and O–H groups in total. The van der Waals surface area contributed by atoms with Crippen LogP contribution in [0.3, 0.4) is 0 Å². The van der Waals surface area contributed by atoms with Gasteiger partial charge >= 0.3 is 0 Å². The van der Waals surface area contributed by atoms with Crippen LogP contribution in [0.1, 0.15) is 25.0 Å². The average Bonchev–Trinajstić information content (AvgIpc) is 2.96. The number of hydrogen-bond acceptors (Lipinski definition) is 4. The van der Waals surface area contributed by atoms with E-state index in [-0.39, 0.29) is 5.41 Å². The molecular formula is C23H16Br2N4. The largest absolute Gasteiger partial charge is 0.252 e. The normalized spacial score (nSPS) is 13.8. The van der Waals surface area contributed by atoms with Crippen LogP contribution < -0.4 is 0 Å². The standard InChI is InChI=1S/C23H16Br2N4/c1-23(2)17-7-13(19-9-28-21(24)11-26-19)3-5-15(17)16-6-4-14(8-18(16)23)20-10-29-22(25)12-27-20/h3-12H,1-2H3. The van der Waals surface area contributed by atoms with Crippen molar-refractivity contribution < 1.29 is 0 Å². The fourth-order valence-electron chi connectivity index (χ4n) is 3.98. The zero-order chi connectivity index (χ0) is 20.2. The van der Waals surface area contributed by atoms with Crippen LogP contribution in [-0.4, -0.2) is 19.9 Å². The van der Waals surface area contributed by atoms with E-state index in [2.05, 4.69) is 102 Å². The van der Waals surface area contributed by atoms with Gasteiger partial charge in [-0.2, -0.15) is 0 Å². The van der Waals surface area contributed by atoms with E-state index in [9.17, 15) is 0 Å². The average molecular weight is 508 g/mol. The topological polar surface area (TPSA) is 51.6 Å². The van der Waals surface area contributed by atoms with Crippen molar-refractivity contribution in [2.45, 2.75) is 19.3 Å². The summed E-state index contributed by atoms with van der Waals surface area (Å²) in [5.74, 6) is 0. The Labute approximate surface area is 185 Å². The molecule has 4 nitrogen and oxygen atoms in total. The second kappa shape index (κ2) is 6.82. The van der Waals surface area contributed by atoms with E-state index in [4.69, 9.17) is 0 Å². The summed E-state index contributed by atoms with van der Waals surface area (Å²) in [5.41, 5.74) is 8.90. The molecule has 0 saturated carbocycles. The summed E-state index contributed by atoms with van der Waals surface area (Å²) in [7, 11) is 0. The minimum Gasteiger partial charge on any atom is -0.252 e. The molecular weight excluding hydrogens is 492 g/mol. The minimum atomic E-state index is -0.123. The predicted molar refractivity (Wildman–Crippen MR) is 121 cm³/mol. The first-order chi connectivity index (χ1) is 13.9. The summed E-state index contributed by atoms with van der Waals surface area (Å²) in [6.45, 7) is 4.54. The number of hydrogen-bond donors (Lipinski definition) is 0. The van der Waals surface area contributed by atoms with Gasteiger partial charge in [0.05, 0.1) is 36.2 Å². The van der Waals surface area contributed by atoms with Gasteiger partial charge < -0.3 is 0 Å². The number of benzene rings is 2. The maximum Gasteiger partial charge on any atom is 0.124 e. The van der Waals surface area contributed by atoms with Crippen LogP contribution >= 0.6 is 31.9 Å². The van der Waals surface area contributed by atoms with Crippen LogP contribution in [0.4, 0.5) is 0 Å². The van der Waals surface area contributed by atoms with Crippen molar-refractivity contribution in [1.82, 2.24) is 19.9 Å². The van der Waals surface area contributed by atoms with E-state index in [0.717, 1.165) is 31.7 Å². The highest BCUT2D eigenvalue weighted by Gasteiger charge is 2.36. The van der Waals surface area contributed by atoms with Gasteiger partial charge in [0, 0.05) is 16.5 Å². The van der Waals surface area contributed by atoms with Crippen molar-refractivity contribution in [3.63, 3.8) is 0 Å². The molecule has 0 fully saturated rings. The maximum absolute atomic E-state index is 4.50. The third kappa shape index (κ3) is 3.11. The molecule has 5 rings (SSSR count). The van der Waals surface area contributed by atoms with Crippen LogP contribution in [0, 0.1) is 0 Å². The maximum atomic E-state index is 4.50. The Morgan fingerprint density at radius 2 is 1.07 bits per heavy atom. The van der Waals surface area contributed by atoms with Gasteiger partial charge in [0.25, 0.3) is 0 Å². The van der Waals surface area contributed by atoms with Crippen molar-refractivity contribution in [1.29, 1.82) is 0 Å². The highest BCUT2D eigenvalue weighted by Crippen LogP contribution is 2.50. The zero-order valence-electron chi connectivity index (χ0n) is 15.8. The second-order valence-corrected chi connectivity index (χ2v) is 9.22. The first-order valence-electron chi connectivity index (χ1n) is 9.19. The first-order valence-corrected chi connectivity index (χ1v) is 10.8. The Morgan fingerprint density at radius 3 is 1.45 bits per heavy atom. The Balaban J connectivity index is 1.61. The van der Waals surface area contributed by atoms with E-state index >= 15 is 0 Å². The van der Waals surface area contributed by atoms with Gasteiger partial charge in [-0.25, -0.2) is 9.97 Å². The van der Waals surface area contributed by atoms with Gasteiger partial charge in [-0.05, 0) is 66.2 Å². The highest BCUT2D eigenvalue weighted by atomic mass is 79.9. The Morgan fingerprint density at radius 1 is 0.621 bits per heavy atom. The molecule has 4 aromatic rings. The summed E-state index contributed by atoms with van der Waals surface area (Å²) >= 11 is 6.70. The molecule has 0 bridgehead atoms. The number of halogens is 2. The molecule has 0 saturated heterocycles. The number of aromatic nitrogens is 4. The lowest BCUT2D eigenvalue weighted by Gasteiger charge is -2.22. The third-order valence-corrected chi connectivity index (χ3v) is 6.33. The third-order valence-electron chi connectivity index (χ3n) is 5.51. The fourth-order valence-corrected chi connectivity index (χ4v) is 4.39. The molecule has 2 aromatic carbocycles. The van der Waals surface area contributed by atoms with Crippen LogP contribution in [0.5, 0.6) is 0 Å². The number of nitrogens with zero attached hydrogens (tertiary/aromatic N) is 4. The second-order valence-electron chi connectivity index (χ2n) is 7.59. The van der Waals surface area contributed by atoms with Crippen molar-refractivity contribution in [3.8, 4) is 33.6 Å². The number of fused-ring (bicyclic) bond motifs is 3. The summed E-state index contributed by atoms with van der Waals surface area (Å²) < 4.78 is 1.47. The van der Waals surface area contributed by atoms with E-state index in [0.29, 0.717) is 0 Å². The van der Waals surface area contributed by atoms with Gasteiger partial charge in [0.15, 0.2) is 0 Å². The van der Waals surface area contributed by atoms with Crippen molar-refractivity contribution >= 4 is 31.9 Å². The molecule has 1 aliphatic carbocycles. The number of rotatable bonds is 2. The van der Waals surface area contributed by atoms with Crippen LogP contribution in [0.2, 0.25) is 0 Å². The molecule has 0 radical (unpaired) electrons. The quantitative estimate of drug-likeness (QED) is 0.313. The van der Waals surface area contributed by atoms with Crippen molar-refractivity contribution in [2.24, 2.45) is 0 Å².